The Kier molecular flexibility index (Phi) is 27.9. The monoisotopic (exact) mass is 644 g/mol. The number of unbranched alkanes of at least 4 members (excludes halogenated alkanes) is 20. The highest BCUT2D eigenvalue weighted by Crippen LogP contribution is 2.35. The number of carbonyl (C=O) groups excluding carboxylic acids is 1. The third kappa shape index (κ3) is 22.8. The fraction of sp³-hybridized carbons (Fsp3) is 0.829. The molecule has 1 aromatic rings. The molecule has 0 radical (unpaired) electrons. The van der Waals surface area contributed by atoms with Gasteiger partial charge in [0.25, 0.3) is 0 Å². The summed E-state index contributed by atoms with van der Waals surface area (Å²) in [6.45, 7) is 10.3. The van der Waals surface area contributed by atoms with E-state index in [2.05, 4.69) is 26.1 Å². The summed E-state index contributed by atoms with van der Waals surface area (Å²) in [6.07, 6.45) is 34.5. The van der Waals surface area contributed by atoms with E-state index in [0.717, 1.165) is 12.2 Å². The molecule has 0 saturated heterocycles. The van der Waals surface area contributed by atoms with Crippen molar-refractivity contribution in [3.8, 4) is 0 Å². The maximum absolute atomic E-state index is 11.8. The minimum absolute atomic E-state index is 0.244. The molecule has 0 amide bonds. The summed E-state index contributed by atoms with van der Waals surface area (Å²) in [4.78, 5) is 11.8. The van der Waals surface area contributed by atoms with Crippen molar-refractivity contribution < 1.29 is 9.53 Å². The number of nitrogens with one attached hydrogen (secondary N) is 1. The van der Waals surface area contributed by atoms with Crippen LogP contribution in [-0.4, -0.2) is 27.2 Å². The standard InChI is InChI=1S/C41H77NO2Si/c1-5-9-12-26-35-45(36-27-13-10-6-2,37-28-14-11-7-3)38-29-24-22-20-18-16-15-17-19-21-23-25-34-42-40-32-30-39(31-33-40)41(43)44-8-4/h30-33,42H,5-29,34-38H2,1-4H3. The molecule has 0 saturated carbocycles. The van der Waals surface area contributed by atoms with E-state index in [1.807, 2.05) is 31.2 Å². The second-order valence-corrected chi connectivity index (χ2v) is 19.1. The molecule has 0 atom stereocenters. The predicted molar refractivity (Wildman–Crippen MR) is 204 cm³/mol. The Morgan fingerprint density at radius 3 is 1.24 bits per heavy atom. The fourth-order valence-corrected chi connectivity index (χ4v) is 12.6. The predicted octanol–water partition coefficient (Wildman–Crippen LogP) is 14.1. The summed E-state index contributed by atoms with van der Waals surface area (Å²) in [7, 11) is -1.09. The molecule has 1 N–H and O–H groups in total. The van der Waals surface area contributed by atoms with Gasteiger partial charge in [-0.2, -0.15) is 0 Å². The van der Waals surface area contributed by atoms with Crippen LogP contribution in [0.5, 0.6) is 0 Å². The van der Waals surface area contributed by atoms with Crippen molar-refractivity contribution in [3.63, 3.8) is 0 Å². The van der Waals surface area contributed by atoms with Gasteiger partial charge in [-0.1, -0.05) is 193 Å². The zero-order chi connectivity index (χ0) is 32.7. The van der Waals surface area contributed by atoms with Crippen LogP contribution in [-0.2, 0) is 4.74 Å². The second-order valence-electron chi connectivity index (χ2n) is 14.1. The highest BCUT2D eigenvalue weighted by molar-refractivity contribution is 6.79. The number of ether oxygens (including phenoxy) is 1. The Hall–Kier alpha value is -1.29. The Labute approximate surface area is 282 Å². The van der Waals surface area contributed by atoms with Crippen molar-refractivity contribution in [2.75, 3.05) is 18.5 Å². The van der Waals surface area contributed by atoms with Gasteiger partial charge < -0.3 is 10.1 Å². The first-order chi connectivity index (χ1) is 22.1. The van der Waals surface area contributed by atoms with E-state index in [9.17, 15) is 4.79 Å². The first-order valence-electron chi connectivity index (χ1n) is 20.1. The smallest absolute Gasteiger partial charge is 0.338 e. The largest absolute Gasteiger partial charge is 0.462 e. The van der Waals surface area contributed by atoms with E-state index in [0.29, 0.717) is 12.2 Å². The zero-order valence-electron chi connectivity index (χ0n) is 30.8. The number of hydrogen-bond acceptors (Lipinski definition) is 3. The van der Waals surface area contributed by atoms with Gasteiger partial charge in [0.05, 0.1) is 20.2 Å². The van der Waals surface area contributed by atoms with Crippen molar-refractivity contribution in [1.82, 2.24) is 0 Å². The maximum Gasteiger partial charge on any atom is 0.338 e. The molecule has 45 heavy (non-hydrogen) atoms. The lowest BCUT2D eigenvalue weighted by Gasteiger charge is -2.33. The molecule has 4 heteroatoms. The van der Waals surface area contributed by atoms with E-state index in [1.54, 1.807) is 24.2 Å². The number of hydrogen-bond donors (Lipinski definition) is 1. The van der Waals surface area contributed by atoms with Crippen molar-refractivity contribution in [3.05, 3.63) is 29.8 Å². The molecule has 0 aliphatic rings. The summed E-state index contributed by atoms with van der Waals surface area (Å²) in [5.74, 6) is -0.244. The van der Waals surface area contributed by atoms with Gasteiger partial charge in [0.2, 0.25) is 0 Å². The molecule has 0 aliphatic heterocycles. The molecular weight excluding hydrogens is 567 g/mol. The Morgan fingerprint density at radius 2 is 0.867 bits per heavy atom. The topological polar surface area (TPSA) is 38.3 Å². The van der Waals surface area contributed by atoms with E-state index >= 15 is 0 Å². The van der Waals surface area contributed by atoms with Crippen molar-refractivity contribution in [1.29, 1.82) is 0 Å². The summed E-state index contributed by atoms with van der Waals surface area (Å²) >= 11 is 0. The van der Waals surface area contributed by atoms with E-state index < -0.39 is 8.07 Å². The summed E-state index contributed by atoms with van der Waals surface area (Å²) in [5, 5.41) is 3.48. The van der Waals surface area contributed by atoms with Gasteiger partial charge in [0, 0.05) is 12.2 Å². The number of benzene rings is 1. The fourth-order valence-electron chi connectivity index (χ4n) is 7.09. The quantitative estimate of drug-likeness (QED) is 0.0470. The molecule has 1 rings (SSSR count). The van der Waals surface area contributed by atoms with E-state index in [-0.39, 0.29) is 5.97 Å². The molecule has 0 fully saturated rings. The Bertz CT molecular complexity index is 749. The van der Waals surface area contributed by atoms with Crippen LogP contribution in [0.3, 0.4) is 0 Å². The maximum atomic E-state index is 11.8. The average Bonchev–Trinajstić information content (AvgIpc) is 3.05. The molecule has 262 valence electrons. The zero-order valence-corrected chi connectivity index (χ0v) is 31.8. The first-order valence-corrected chi connectivity index (χ1v) is 22.9. The number of esters is 1. The second kappa shape index (κ2) is 30.1. The number of rotatable bonds is 33. The molecule has 0 spiro atoms. The van der Waals surface area contributed by atoms with E-state index in [4.69, 9.17) is 4.74 Å². The average molecular weight is 644 g/mol. The summed E-state index contributed by atoms with van der Waals surface area (Å²) in [6, 6.07) is 14.2. The molecule has 0 bridgehead atoms. The van der Waals surface area contributed by atoms with Gasteiger partial charge in [0.15, 0.2) is 0 Å². The Morgan fingerprint density at radius 1 is 0.511 bits per heavy atom. The van der Waals surface area contributed by atoms with Crippen LogP contribution in [0.2, 0.25) is 24.2 Å². The van der Waals surface area contributed by atoms with Gasteiger partial charge in [-0.15, -0.1) is 0 Å². The molecular formula is C41H77NO2Si. The van der Waals surface area contributed by atoms with Gasteiger partial charge >= 0.3 is 5.97 Å². The lowest BCUT2D eigenvalue weighted by molar-refractivity contribution is 0.0526. The third-order valence-electron chi connectivity index (χ3n) is 10.0. The van der Waals surface area contributed by atoms with Crippen molar-refractivity contribution in [2.45, 2.75) is 206 Å². The minimum atomic E-state index is -1.09. The van der Waals surface area contributed by atoms with Crippen LogP contribution in [0.25, 0.3) is 0 Å². The highest BCUT2D eigenvalue weighted by atomic mass is 28.3. The molecule has 0 aliphatic carbocycles. The highest BCUT2D eigenvalue weighted by Gasteiger charge is 2.30. The lowest BCUT2D eigenvalue weighted by atomic mass is 10.1. The SMILES string of the molecule is CCCCCC[Si](CCCCCC)(CCCCCC)CCCCCCCCCCCCCCNc1ccc(C(=O)OCC)cc1. The van der Waals surface area contributed by atoms with Gasteiger partial charge in [-0.05, 0) is 37.6 Å². The van der Waals surface area contributed by atoms with Crippen molar-refractivity contribution >= 4 is 19.7 Å². The normalized spacial score (nSPS) is 11.6. The number of carbonyl (C=O) groups is 1. The molecule has 1 aromatic carbocycles. The first kappa shape index (κ1) is 41.7. The minimum Gasteiger partial charge on any atom is -0.462 e. The van der Waals surface area contributed by atoms with Crippen LogP contribution in [0.4, 0.5) is 5.69 Å². The Balaban J connectivity index is 2.15. The lowest BCUT2D eigenvalue weighted by Crippen LogP contribution is -2.34. The summed E-state index contributed by atoms with van der Waals surface area (Å²) in [5.41, 5.74) is 1.70. The van der Waals surface area contributed by atoms with Crippen molar-refractivity contribution in [2.24, 2.45) is 0 Å². The third-order valence-corrected chi connectivity index (χ3v) is 15.7. The number of anilines is 1. The summed E-state index contributed by atoms with van der Waals surface area (Å²) < 4.78 is 5.05. The van der Waals surface area contributed by atoms with Gasteiger partial charge in [-0.3, -0.25) is 0 Å². The molecule has 0 heterocycles. The van der Waals surface area contributed by atoms with Crippen LogP contribution < -0.4 is 5.32 Å². The van der Waals surface area contributed by atoms with Crippen LogP contribution in [0.1, 0.15) is 192 Å². The van der Waals surface area contributed by atoms with Crippen LogP contribution in [0, 0.1) is 0 Å². The van der Waals surface area contributed by atoms with Crippen LogP contribution in [0.15, 0.2) is 24.3 Å². The van der Waals surface area contributed by atoms with Crippen LogP contribution >= 0.6 is 0 Å². The molecule has 0 unspecified atom stereocenters. The molecule has 3 nitrogen and oxygen atoms in total. The molecule has 0 aromatic heterocycles. The van der Waals surface area contributed by atoms with Gasteiger partial charge in [-0.25, -0.2) is 4.79 Å². The van der Waals surface area contributed by atoms with E-state index in [1.165, 1.54) is 154 Å². The van der Waals surface area contributed by atoms with Gasteiger partial charge in [0.1, 0.15) is 0 Å².